The van der Waals surface area contributed by atoms with Gasteiger partial charge in [-0.05, 0) is 79.8 Å². The van der Waals surface area contributed by atoms with Gasteiger partial charge in [-0.1, -0.05) is 58.9 Å². The second kappa shape index (κ2) is 16.8. The summed E-state index contributed by atoms with van der Waals surface area (Å²) >= 11 is 0. The first kappa shape index (κ1) is 31.3. The van der Waals surface area contributed by atoms with Crippen molar-refractivity contribution in [2.75, 3.05) is 0 Å². The minimum Gasteiger partial charge on any atom is -0.478 e. The zero-order chi connectivity index (χ0) is 26.3. The monoisotopic (exact) mass is 474 g/mol. The summed E-state index contributed by atoms with van der Waals surface area (Å²) in [5.41, 5.74) is 3.10. The molecule has 0 aliphatic heterocycles. The van der Waals surface area contributed by atoms with E-state index in [9.17, 15) is 9.59 Å². The van der Waals surface area contributed by atoms with E-state index in [0.717, 1.165) is 19.3 Å². The van der Waals surface area contributed by atoms with Crippen molar-refractivity contribution in [2.24, 2.45) is 11.8 Å². The van der Waals surface area contributed by atoms with Crippen LogP contribution in [0.3, 0.4) is 0 Å². The highest BCUT2D eigenvalue weighted by molar-refractivity contribution is 5.87. The standard InChI is InChI=1S/2C11H14O2.C6H14O2/c2*1-8(2)7-9-3-5-10(6-4-9)11(12)13;1-3-6(8)4-5(2)7/h2*3-6,8H,7H2,1-2H3,(H,12,13);5-8H,3-4H2,1-2H3. The van der Waals surface area contributed by atoms with Gasteiger partial charge < -0.3 is 20.4 Å². The molecule has 6 nitrogen and oxygen atoms in total. The third kappa shape index (κ3) is 15.2. The van der Waals surface area contributed by atoms with Gasteiger partial charge in [-0.25, -0.2) is 9.59 Å². The molecule has 0 spiro atoms. The molecule has 0 aliphatic carbocycles. The van der Waals surface area contributed by atoms with Crippen LogP contribution < -0.4 is 0 Å². The van der Waals surface area contributed by atoms with Gasteiger partial charge in [-0.15, -0.1) is 0 Å². The molecule has 6 heteroatoms. The predicted molar refractivity (Wildman–Crippen MR) is 136 cm³/mol. The molecular weight excluding hydrogens is 432 g/mol. The summed E-state index contributed by atoms with van der Waals surface area (Å²) in [6.45, 7) is 12.2. The van der Waals surface area contributed by atoms with E-state index in [2.05, 4.69) is 27.7 Å². The fourth-order valence-corrected chi connectivity index (χ4v) is 3.07. The number of hydrogen-bond donors (Lipinski definition) is 4. The number of carboxylic acid groups (broad SMARTS) is 2. The summed E-state index contributed by atoms with van der Waals surface area (Å²) in [7, 11) is 0. The van der Waals surface area contributed by atoms with E-state index < -0.39 is 11.9 Å². The number of aliphatic hydroxyl groups excluding tert-OH is 2. The summed E-state index contributed by atoms with van der Waals surface area (Å²) < 4.78 is 0. The van der Waals surface area contributed by atoms with E-state index in [0.29, 0.717) is 29.4 Å². The van der Waals surface area contributed by atoms with Crippen molar-refractivity contribution in [2.45, 2.75) is 79.4 Å². The van der Waals surface area contributed by atoms with Crippen LogP contribution in [0, 0.1) is 11.8 Å². The number of carbonyl (C=O) groups is 2. The van der Waals surface area contributed by atoms with Crippen LogP contribution in [0.2, 0.25) is 0 Å². The van der Waals surface area contributed by atoms with Crippen LogP contribution >= 0.6 is 0 Å². The van der Waals surface area contributed by atoms with Gasteiger partial charge in [0.25, 0.3) is 0 Å². The molecule has 2 rings (SSSR count). The first-order chi connectivity index (χ1) is 15.8. The van der Waals surface area contributed by atoms with Gasteiger partial charge in [0.1, 0.15) is 0 Å². The molecule has 2 atom stereocenters. The summed E-state index contributed by atoms with van der Waals surface area (Å²) in [6.07, 6.45) is 2.53. The summed E-state index contributed by atoms with van der Waals surface area (Å²) in [4.78, 5) is 21.1. The summed E-state index contributed by atoms with van der Waals surface area (Å²) in [5, 5.41) is 34.9. The van der Waals surface area contributed by atoms with Crippen LogP contribution in [0.1, 0.15) is 86.2 Å². The molecule has 2 aromatic rings. The Hall–Kier alpha value is -2.70. The summed E-state index contributed by atoms with van der Waals surface area (Å²) in [6, 6.07) is 14.1. The van der Waals surface area contributed by atoms with Gasteiger partial charge in [-0.2, -0.15) is 0 Å². The molecule has 2 aromatic carbocycles. The van der Waals surface area contributed by atoms with Crippen molar-refractivity contribution in [1.29, 1.82) is 0 Å². The number of rotatable bonds is 9. The second-order valence-electron chi connectivity index (χ2n) is 9.35. The van der Waals surface area contributed by atoms with Gasteiger partial charge in [0.15, 0.2) is 0 Å². The van der Waals surface area contributed by atoms with Crippen molar-refractivity contribution < 1.29 is 30.0 Å². The average molecular weight is 475 g/mol. The normalized spacial score (nSPS) is 12.2. The molecule has 0 heterocycles. The molecule has 0 fully saturated rings. The Labute approximate surface area is 204 Å². The van der Waals surface area contributed by atoms with Gasteiger partial charge in [0.05, 0.1) is 23.3 Å². The molecule has 34 heavy (non-hydrogen) atoms. The molecule has 0 amide bonds. The van der Waals surface area contributed by atoms with Crippen LogP contribution in [0.5, 0.6) is 0 Å². The maximum Gasteiger partial charge on any atom is 0.335 e. The number of aromatic carboxylic acids is 2. The Morgan fingerprint density at radius 1 is 0.676 bits per heavy atom. The highest BCUT2D eigenvalue weighted by Gasteiger charge is 2.04. The maximum atomic E-state index is 10.5. The molecule has 0 aromatic heterocycles. The minimum atomic E-state index is -0.865. The van der Waals surface area contributed by atoms with Crippen LogP contribution in [0.4, 0.5) is 0 Å². The van der Waals surface area contributed by atoms with E-state index >= 15 is 0 Å². The molecule has 0 saturated heterocycles. The molecule has 0 bridgehead atoms. The third-order valence-electron chi connectivity index (χ3n) is 4.77. The Bertz CT molecular complexity index is 759. The Balaban J connectivity index is 0.000000497. The number of aliphatic hydroxyl groups is 2. The number of benzene rings is 2. The smallest absolute Gasteiger partial charge is 0.335 e. The van der Waals surface area contributed by atoms with Gasteiger partial charge in [0.2, 0.25) is 0 Å². The van der Waals surface area contributed by atoms with Crippen molar-refractivity contribution in [3.05, 3.63) is 70.8 Å². The van der Waals surface area contributed by atoms with Crippen molar-refractivity contribution >= 4 is 11.9 Å². The Kier molecular flexibility index (Phi) is 15.5. The van der Waals surface area contributed by atoms with E-state index in [1.54, 1.807) is 31.2 Å². The van der Waals surface area contributed by atoms with Crippen LogP contribution in [-0.4, -0.2) is 44.6 Å². The molecule has 190 valence electrons. The fourth-order valence-electron chi connectivity index (χ4n) is 3.07. The number of carboxylic acids is 2. The predicted octanol–water partition coefficient (Wildman–Crippen LogP) is 5.69. The topological polar surface area (TPSA) is 115 Å². The van der Waals surface area contributed by atoms with Crippen molar-refractivity contribution in [3.63, 3.8) is 0 Å². The van der Waals surface area contributed by atoms with Crippen LogP contribution in [-0.2, 0) is 12.8 Å². The first-order valence-corrected chi connectivity index (χ1v) is 11.9. The lowest BCUT2D eigenvalue weighted by Gasteiger charge is -2.08. The third-order valence-corrected chi connectivity index (χ3v) is 4.77. The molecular formula is C28H42O6. The molecule has 2 unspecified atom stereocenters. The lowest BCUT2D eigenvalue weighted by atomic mass is 10.0. The lowest BCUT2D eigenvalue weighted by molar-refractivity contribution is 0.0686. The number of hydrogen-bond acceptors (Lipinski definition) is 4. The molecule has 0 aliphatic rings. The highest BCUT2D eigenvalue weighted by atomic mass is 16.4. The van der Waals surface area contributed by atoms with Gasteiger partial charge >= 0.3 is 11.9 Å². The lowest BCUT2D eigenvalue weighted by Crippen LogP contribution is -2.13. The first-order valence-electron chi connectivity index (χ1n) is 11.9. The largest absolute Gasteiger partial charge is 0.478 e. The van der Waals surface area contributed by atoms with Gasteiger partial charge in [0, 0.05) is 0 Å². The molecule has 4 N–H and O–H groups in total. The van der Waals surface area contributed by atoms with Crippen LogP contribution in [0.15, 0.2) is 48.5 Å². The van der Waals surface area contributed by atoms with Crippen molar-refractivity contribution in [1.82, 2.24) is 0 Å². The SMILES string of the molecule is CC(C)Cc1ccc(C(=O)O)cc1.CC(C)Cc1ccc(C(=O)O)cc1.CCC(O)CC(C)O. The van der Waals surface area contributed by atoms with E-state index in [-0.39, 0.29) is 12.2 Å². The Morgan fingerprint density at radius 3 is 1.18 bits per heavy atom. The molecule has 0 saturated carbocycles. The van der Waals surface area contributed by atoms with E-state index in [4.69, 9.17) is 20.4 Å². The second-order valence-corrected chi connectivity index (χ2v) is 9.35. The van der Waals surface area contributed by atoms with Gasteiger partial charge in [-0.3, -0.25) is 0 Å². The quantitative estimate of drug-likeness (QED) is 0.371. The summed E-state index contributed by atoms with van der Waals surface area (Å²) in [5.74, 6) is -0.515. The van der Waals surface area contributed by atoms with E-state index in [1.165, 1.54) is 11.1 Å². The highest BCUT2D eigenvalue weighted by Crippen LogP contribution is 2.10. The van der Waals surface area contributed by atoms with E-state index in [1.807, 2.05) is 31.2 Å². The maximum absolute atomic E-state index is 10.5. The van der Waals surface area contributed by atoms with Crippen LogP contribution in [0.25, 0.3) is 0 Å². The minimum absolute atomic E-state index is 0.324. The van der Waals surface area contributed by atoms with Crippen molar-refractivity contribution in [3.8, 4) is 0 Å². The zero-order valence-electron chi connectivity index (χ0n) is 21.4. The Morgan fingerprint density at radius 2 is 1.00 bits per heavy atom. The fraction of sp³-hybridized carbons (Fsp3) is 0.500. The molecule has 0 radical (unpaired) electrons. The zero-order valence-corrected chi connectivity index (χ0v) is 21.4. The average Bonchev–Trinajstić information content (AvgIpc) is 2.74.